The lowest BCUT2D eigenvalue weighted by atomic mass is 10.1. The second-order valence-corrected chi connectivity index (χ2v) is 3.87. The molecule has 0 aliphatic heterocycles. The van der Waals surface area contributed by atoms with Gasteiger partial charge in [0.2, 0.25) is 5.91 Å². The summed E-state index contributed by atoms with van der Waals surface area (Å²) in [6.45, 7) is 0. The highest BCUT2D eigenvalue weighted by Gasteiger charge is 2.30. The van der Waals surface area contributed by atoms with Gasteiger partial charge in [-0.2, -0.15) is 13.2 Å². The number of hydrogen-bond acceptors (Lipinski definition) is 2. The van der Waals surface area contributed by atoms with Crippen molar-refractivity contribution in [3.8, 4) is 11.3 Å². The molecule has 98 valence electrons. The number of hydrogen-bond donors (Lipinski definition) is 1. The number of rotatable bonds is 2. The number of nitrogens with zero attached hydrogens (tertiary/aromatic N) is 1. The van der Waals surface area contributed by atoms with E-state index in [0.29, 0.717) is 0 Å². The Kier molecular flexibility index (Phi) is 3.25. The van der Waals surface area contributed by atoms with Crippen molar-refractivity contribution in [2.75, 3.05) is 0 Å². The minimum absolute atomic E-state index is 0.197. The summed E-state index contributed by atoms with van der Waals surface area (Å²) in [7, 11) is 0. The molecule has 1 heterocycles. The molecule has 0 atom stereocenters. The molecule has 3 nitrogen and oxygen atoms in total. The van der Waals surface area contributed by atoms with E-state index < -0.39 is 17.6 Å². The summed E-state index contributed by atoms with van der Waals surface area (Å²) in [6, 6.07) is 7.49. The Balaban J connectivity index is 2.48. The lowest BCUT2D eigenvalue weighted by Gasteiger charge is -2.08. The molecule has 0 saturated heterocycles. The first-order valence-corrected chi connectivity index (χ1v) is 5.31. The summed E-state index contributed by atoms with van der Waals surface area (Å²) in [5, 5.41) is 0. The second-order valence-electron chi connectivity index (χ2n) is 3.87. The Bertz CT molecular complexity index is 623. The zero-order chi connectivity index (χ0) is 14.0. The quantitative estimate of drug-likeness (QED) is 0.908. The number of amides is 1. The van der Waals surface area contributed by atoms with E-state index in [4.69, 9.17) is 5.73 Å². The van der Waals surface area contributed by atoms with E-state index in [1.807, 2.05) is 0 Å². The fourth-order valence-electron chi connectivity index (χ4n) is 1.60. The van der Waals surface area contributed by atoms with Gasteiger partial charge >= 0.3 is 6.18 Å². The predicted molar refractivity (Wildman–Crippen MR) is 63.2 cm³/mol. The molecule has 0 spiro atoms. The molecule has 1 aromatic carbocycles. The number of alkyl halides is 3. The lowest BCUT2D eigenvalue weighted by molar-refractivity contribution is -0.137. The van der Waals surface area contributed by atoms with Crippen molar-refractivity contribution >= 4 is 5.91 Å². The molecule has 0 radical (unpaired) electrons. The number of primary amides is 1. The molecule has 0 unspecified atom stereocenters. The molecule has 0 saturated carbocycles. The van der Waals surface area contributed by atoms with E-state index in [0.717, 1.165) is 12.1 Å². The predicted octanol–water partition coefficient (Wildman–Crippen LogP) is 2.87. The number of carbonyl (C=O) groups is 1. The largest absolute Gasteiger partial charge is 0.416 e. The third kappa shape index (κ3) is 2.90. The van der Waals surface area contributed by atoms with Crippen LogP contribution >= 0.6 is 0 Å². The Hall–Kier alpha value is -2.37. The highest BCUT2D eigenvalue weighted by molar-refractivity contribution is 5.93. The van der Waals surface area contributed by atoms with Crippen LogP contribution in [0.25, 0.3) is 11.3 Å². The summed E-state index contributed by atoms with van der Waals surface area (Å²) in [6.07, 6.45) is -3.09. The van der Waals surface area contributed by atoms with Gasteiger partial charge < -0.3 is 5.73 Å². The molecule has 0 fully saturated rings. The van der Waals surface area contributed by atoms with Crippen LogP contribution in [0.3, 0.4) is 0 Å². The molecule has 2 rings (SSSR count). The second kappa shape index (κ2) is 4.72. The number of benzene rings is 1. The average Bonchev–Trinajstić information content (AvgIpc) is 2.38. The normalized spacial score (nSPS) is 11.3. The smallest absolute Gasteiger partial charge is 0.366 e. The summed E-state index contributed by atoms with van der Waals surface area (Å²) in [5.74, 6) is -0.657. The van der Waals surface area contributed by atoms with E-state index in [2.05, 4.69) is 4.98 Å². The van der Waals surface area contributed by atoms with Crippen LogP contribution in [0.1, 0.15) is 15.9 Å². The summed E-state index contributed by atoms with van der Waals surface area (Å²) in [4.78, 5) is 15.0. The van der Waals surface area contributed by atoms with Crippen LogP contribution in [0.2, 0.25) is 0 Å². The number of pyridine rings is 1. The number of halogens is 3. The van der Waals surface area contributed by atoms with Crippen LogP contribution in [0.4, 0.5) is 13.2 Å². The maximum atomic E-state index is 12.6. The first-order valence-electron chi connectivity index (χ1n) is 5.31. The third-order valence-corrected chi connectivity index (χ3v) is 2.53. The van der Waals surface area contributed by atoms with Gasteiger partial charge in [-0.15, -0.1) is 0 Å². The summed E-state index contributed by atoms with van der Waals surface area (Å²) < 4.78 is 37.8. The van der Waals surface area contributed by atoms with Crippen molar-refractivity contribution in [1.29, 1.82) is 0 Å². The van der Waals surface area contributed by atoms with Crippen molar-refractivity contribution in [3.63, 3.8) is 0 Å². The molecule has 6 heteroatoms. The van der Waals surface area contributed by atoms with Crippen LogP contribution in [0, 0.1) is 0 Å². The number of nitrogens with two attached hydrogens (primary N) is 1. The lowest BCUT2D eigenvalue weighted by Crippen LogP contribution is -2.11. The Labute approximate surface area is 106 Å². The van der Waals surface area contributed by atoms with Gasteiger partial charge in [-0.3, -0.25) is 9.78 Å². The van der Waals surface area contributed by atoms with Gasteiger partial charge in [0.25, 0.3) is 0 Å². The van der Waals surface area contributed by atoms with E-state index in [1.165, 1.54) is 30.5 Å². The maximum absolute atomic E-state index is 12.6. The topological polar surface area (TPSA) is 56.0 Å². The SMILES string of the molecule is NC(=O)c1ccnc(-c2cccc(C(F)(F)F)c2)c1. The van der Waals surface area contributed by atoms with Crippen LogP contribution in [-0.4, -0.2) is 10.9 Å². The van der Waals surface area contributed by atoms with Gasteiger partial charge in [0.1, 0.15) is 0 Å². The molecule has 2 aromatic rings. The molecule has 1 amide bonds. The van der Waals surface area contributed by atoms with Crippen molar-refractivity contribution in [1.82, 2.24) is 4.98 Å². The van der Waals surface area contributed by atoms with Crippen molar-refractivity contribution in [3.05, 3.63) is 53.7 Å². The first-order chi connectivity index (χ1) is 8.88. The molecule has 2 N–H and O–H groups in total. The number of aromatic nitrogens is 1. The van der Waals surface area contributed by atoms with E-state index >= 15 is 0 Å². The third-order valence-electron chi connectivity index (χ3n) is 2.53. The Morgan fingerprint density at radius 2 is 1.89 bits per heavy atom. The van der Waals surface area contributed by atoms with Crippen molar-refractivity contribution < 1.29 is 18.0 Å². The fourth-order valence-corrected chi connectivity index (χ4v) is 1.60. The zero-order valence-electron chi connectivity index (χ0n) is 9.61. The molecular formula is C13H9F3N2O. The van der Waals surface area contributed by atoms with Gasteiger partial charge in [-0.1, -0.05) is 12.1 Å². The summed E-state index contributed by atoms with van der Waals surface area (Å²) in [5.41, 5.74) is 5.08. The van der Waals surface area contributed by atoms with Gasteiger partial charge in [0.05, 0.1) is 11.3 Å². The van der Waals surface area contributed by atoms with E-state index in [1.54, 1.807) is 0 Å². The molecule has 19 heavy (non-hydrogen) atoms. The van der Waals surface area contributed by atoms with Crippen LogP contribution in [0.5, 0.6) is 0 Å². The van der Waals surface area contributed by atoms with E-state index in [-0.39, 0.29) is 16.8 Å². The Morgan fingerprint density at radius 1 is 1.16 bits per heavy atom. The van der Waals surface area contributed by atoms with Gasteiger partial charge in [0, 0.05) is 17.3 Å². The van der Waals surface area contributed by atoms with Crippen molar-refractivity contribution in [2.45, 2.75) is 6.18 Å². The molecule has 0 aliphatic rings. The molecule has 0 aliphatic carbocycles. The monoisotopic (exact) mass is 266 g/mol. The summed E-state index contributed by atoms with van der Waals surface area (Å²) >= 11 is 0. The van der Waals surface area contributed by atoms with Crippen molar-refractivity contribution in [2.24, 2.45) is 5.73 Å². The minimum atomic E-state index is -4.42. The Morgan fingerprint density at radius 3 is 2.53 bits per heavy atom. The van der Waals surface area contributed by atoms with Gasteiger partial charge in [0.15, 0.2) is 0 Å². The minimum Gasteiger partial charge on any atom is -0.366 e. The highest BCUT2D eigenvalue weighted by Crippen LogP contribution is 2.31. The first kappa shape index (κ1) is 13.1. The molecular weight excluding hydrogens is 257 g/mol. The molecule has 0 bridgehead atoms. The van der Waals surface area contributed by atoms with Gasteiger partial charge in [-0.25, -0.2) is 0 Å². The van der Waals surface area contributed by atoms with Crippen LogP contribution in [-0.2, 0) is 6.18 Å². The number of carbonyl (C=O) groups excluding carboxylic acids is 1. The maximum Gasteiger partial charge on any atom is 0.416 e. The van der Waals surface area contributed by atoms with Crippen LogP contribution in [0.15, 0.2) is 42.6 Å². The average molecular weight is 266 g/mol. The van der Waals surface area contributed by atoms with Crippen LogP contribution < -0.4 is 5.73 Å². The zero-order valence-corrected chi connectivity index (χ0v) is 9.61. The van der Waals surface area contributed by atoms with Gasteiger partial charge in [-0.05, 0) is 24.3 Å². The highest BCUT2D eigenvalue weighted by atomic mass is 19.4. The standard InChI is InChI=1S/C13H9F3N2O/c14-13(15,16)10-3-1-2-8(6-10)11-7-9(12(17)19)4-5-18-11/h1-7H,(H2,17,19). The fraction of sp³-hybridized carbons (Fsp3) is 0.0769. The van der Waals surface area contributed by atoms with E-state index in [9.17, 15) is 18.0 Å². The molecule has 1 aromatic heterocycles.